The van der Waals surface area contributed by atoms with Gasteiger partial charge in [0.25, 0.3) is 5.56 Å². The summed E-state index contributed by atoms with van der Waals surface area (Å²) in [6.07, 6.45) is -7.29. The topological polar surface area (TPSA) is 228 Å². The molecule has 0 spiro atoms. The number of rotatable bonds is 14. The first-order valence-electron chi connectivity index (χ1n) is 14.2. The van der Waals surface area contributed by atoms with Crippen LogP contribution in [0.4, 0.5) is 9.59 Å². The van der Waals surface area contributed by atoms with Gasteiger partial charge in [-0.2, -0.15) is 0 Å². The summed E-state index contributed by atoms with van der Waals surface area (Å²) in [5.74, 6) is 0.134. The predicted molar refractivity (Wildman–Crippen MR) is 161 cm³/mol. The fraction of sp³-hybridized carbons (Fsp3) is 0.357. The first-order chi connectivity index (χ1) is 22.4. The van der Waals surface area contributed by atoms with E-state index in [1.54, 1.807) is 36.4 Å². The molecule has 1 aromatic heterocycles. The minimum Gasteiger partial charge on any atom is -0.424 e. The van der Waals surface area contributed by atoms with Gasteiger partial charge in [-0.25, -0.2) is 23.3 Å². The third kappa shape index (κ3) is 10.7. The summed E-state index contributed by atoms with van der Waals surface area (Å²) in [4.78, 5) is 72.6. The molecule has 0 aliphatic carbocycles. The summed E-state index contributed by atoms with van der Waals surface area (Å²) in [7, 11) is -9.81. The third-order valence-electron chi connectivity index (χ3n) is 6.44. The minimum atomic E-state index is -5.24. The van der Waals surface area contributed by atoms with Gasteiger partial charge in [0.05, 0.1) is 12.8 Å². The molecule has 47 heavy (non-hydrogen) atoms. The number of para-hydroxylation sites is 2. The number of unbranched alkanes of at least 4 members (excludes halogenated alkanes) is 2. The number of benzene rings is 2. The Balaban J connectivity index is 1.63. The summed E-state index contributed by atoms with van der Waals surface area (Å²) in [5.41, 5.74) is -1.79. The van der Waals surface area contributed by atoms with Gasteiger partial charge in [0.2, 0.25) is 0 Å². The minimum absolute atomic E-state index is 0.0635. The fourth-order valence-corrected chi connectivity index (χ4v) is 7.12. The van der Waals surface area contributed by atoms with E-state index in [1.807, 2.05) is 11.9 Å². The highest BCUT2D eigenvalue weighted by Gasteiger charge is 2.52. The quantitative estimate of drug-likeness (QED) is 0.0931. The lowest BCUT2D eigenvalue weighted by molar-refractivity contribution is -0.0604. The Kier molecular flexibility index (Phi) is 12.3. The number of nitrogens with zero attached hydrogens (tertiary/aromatic N) is 1. The van der Waals surface area contributed by atoms with Gasteiger partial charge < -0.3 is 33.5 Å². The van der Waals surface area contributed by atoms with Crippen LogP contribution >= 0.6 is 15.4 Å². The molecule has 2 unspecified atom stereocenters. The van der Waals surface area contributed by atoms with E-state index in [0.717, 1.165) is 16.8 Å². The van der Waals surface area contributed by atoms with Crippen LogP contribution in [0.15, 0.2) is 82.5 Å². The maximum absolute atomic E-state index is 12.9. The van der Waals surface area contributed by atoms with Crippen molar-refractivity contribution in [3.63, 3.8) is 0 Å². The second kappa shape index (κ2) is 16.2. The van der Waals surface area contributed by atoms with Crippen LogP contribution in [0.3, 0.4) is 0 Å². The molecule has 1 saturated heterocycles. The molecule has 0 saturated carbocycles. The molecule has 0 amide bonds. The van der Waals surface area contributed by atoms with Crippen LogP contribution in [-0.4, -0.2) is 62.7 Å². The number of hydrogen-bond donors (Lipinski definition) is 3. The maximum atomic E-state index is 12.9. The SMILES string of the molecule is CCCCCP(=O)(O)OP(=O)(O)OC[C@H]1O[C@@H](n2ccc(=O)[nH]c2=O)[C@H](OC(=O)Oc2ccccc2)[C@@H]1OC(=O)Oc1ccccc1. The van der Waals surface area contributed by atoms with E-state index in [4.69, 9.17) is 28.2 Å². The Morgan fingerprint density at radius 1 is 0.872 bits per heavy atom. The molecular weight excluding hydrogens is 666 g/mol. The van der Waals surface area contributed by atoms with Crippen molar-refractivity contribution in [1.29, 1.82) is 0 Å². The van der Waals surface area contributed by atoms with Crippen molar-refractivity contribution in [2.75, 3.05) is 12.8 Å². The summed E-state index contributed by atoms with van der Waals surface area (Å²) < 4.78 is 62.4. The molecule has 6 atom stereocenters. The molecule has 1 fully saturated rings. The fourth-order valence-electron chi connectivity index (χ4n) is 4.36. The summed E-state index contributed by atoms with van der Waals surface area (Å²) in [6.45, 7) is 0.889. The molecule has 2 aromatic carbocycles. The number of aromatic nitrogens is 2. The molecule has 1 aliphatic heterocycles. The van der Waals surface area contributed by atoms with E-state index in [0.29, 0.717) is 12.8 Å². The Hall–Kier alpha value is -4.08. The Morgan fingerprint density at radius 2 is 1.45 bits per heavy atom. The van der Waals surface area contributed by atoms with Crippen LogP contribution in [0.1, 0.15) is 32.4 Å². The van der Waals surface area contributed by atoms with Gasteiger partial charge in [-0.15, -0.1) is 0 Å². The zero-order valence-corrected chi connectivity index (χ0v) is 26.6. The third-order valence-corrected chi connectivity index (χ3v) is 9.64. The van der Waals surface area contributed by atoms with Gasteiger partial charge in [-0.3, -0.25) is 23.4 Å². The van der Waals surface area contributed by atoms with E-state index < -0.39 is 76.3 Å². The lowest BCUT2D eigenvalue weighted by Gasteiger charge is -2.24. The molecule has 254 valence electrons. The number of phosphoric ester groups is 1. The zero-order valence-electron chi connectivity index (χ0n) is 24.8. The summed E-state index contributed by atoms with van der Waals surface area (Å²) in [5, 5.41) is 0. The lowest BCUT2D eigenvalue weighted by Crippen LogP contribution is -2.43. The number of carbonyl (C=O) groups excluding carboxylic acids is 2. The highest BCUT2D eigenvalue weighted by molar-refractivity contribution is 7.64. The van der Waals surface area contributed by atoms with Crippen molar-refractivity contribution in [2.45, 2.75) is 50.7 Å². The van der Waals surface area contributed by atoms with Crippen LogP contribution in [0.25, 0.3) is 0 Å². The number of nitrogens with one attached hydrogen (secondary N) is 1. The van der Waals surface area contributed by atoms with Crippen molar-refractivity contribution in [3.05, 3.63) is 93.8 Å². The van der Waals surface area contributed by atoms with Crippen molar-refractivity contribution in [1.82, 2.24) is 9.55 Å². The Bertz CT molecular complexity index is 1720. The molecule has 2 heterocycles. The zero-order chi connectivity index (χ0) is 34.0. The number of aromatic amines is 1. The summed E-state index contributed by atoms with van der Waals surface area (Å²) in [6, 6.07) is 16.3. The van der Waals surface area contributed by atoms with Gasteiger partial charge in [0.15, 0.2) is 18.4 Å². The van der Waals surface area contributed by atoms with Crippen molar-refractivity contribution in [3.8, 4) is 11.5 Å². The highest BCUT2D eigenvalue weighted by atomic mass is 31.3. The molecule has 4 rings (SSSR count). The number of ether oxygens (including phenoxy) is 5. The Morgan fingerprint density at radius 3 is 2.00 bits per heavy atom. The van der Waals surface area contributed by atoms with Gasteiger partial charge in [0, 0.05) is 12.3 Å². The van der Waals surface area contributed by atoms with Crippen LogP contribution < -0.4 is 20.7 Å². The smallest absolute Gasteiger partial charge is 0.424 e. The van der Waals surface area contributed by atoms with Crippen LogP contribution in [0.5, 0.6) is 11.5 Å². The monoisotopic (exact) mass is 698 g/mol. The standard InChI is InChI=1S/C28H32N2O15P2/c1-2-3-10-17-46(35,36)45-47(37,38)39-18-21-23(43-27(33)40-19-11-6-4-7-12-19)24(44-28(34)41-20-13-8-5-9-14-20)25(42-21)30-16-15-22(31)29-26(30)32/h4-9,11-16,21,23-25H,2-3,10,17-18H2,1H3,(H,35,36)(H,37,38)(H,29,31,32)/t21-,23-,24-,25-/m1/s1. The number of H-pyrrole nitrogens is 1. The second-order valence-electron chi connectivity index (χ2n) is 9.99. The molecule has 3 N–H and O–H groups in total. The predicted octanol–water partition coefficient (Wildman–Crippen LogP) is 4.11. The van der Waals surface area contributed by atoms with Crippen molar-refractivity contribution in [2.24, 2.45) is 0 Å². The molecule has 17 nitrogen and oxygen atoms in total. The molecule has 3 aromatic rings. The number of phosphoric acid groups is 1. The summed E-state index contributed by atoms with van der Waals surface area (Å²) >= 11 is 0. The van der Waals surface area contributed by atoms with Gasteiger partial charge in [-0.05, 0) is 30.7 Å². The number of carbonyl (C=O) groups is 2. The first-order valence-corrected chi connectivity index (χ1v) is 17.5. The number of hydrogen-bond acceptors (Lipinski definition) is 13. The van der Waals surface area contributed by atoms with Gasteiger partial charge >= 0.3 is 33.4 Å². The van der Waals surface area contributed by atoms with Crippen LogP contribution in [0, 0.1) is 0 Å². The molecule has 1 aliphatic rings. The first kappa shape index (κ1) is 35.8. The van der Waals surface area contributed by atoms with Crippen LogP contribution in [0.2, 0.25) is 0 Å². The normalized spacial score (nSPS) is 21.6. The average molecular weight is 699 g/mol. The van der Waals surface area contributed by atoms with Gasteiger partial charge in [-0.1, -0.05) is 56.2 Å². The largest absolute Gasteiger partial charge is 0.514 e. The van der Waals surface area contributed by atoms with Gasteiger partial charge in [0.1, 0.15) is 17.6 Å². The van der Waals surface area contributed by atoms with Crippen LogP contribution in [-0.2, 0) is 32.2 Å². The molecule has 0 radical (unpaired) electrons. The van der Waals surface area contributed by atoms with E-state index in [2.05, 4.69) is 4.31 Å². The second-order valence-corrected chi connectivity index (χ2v) is 13.6. The molecule has 19 heteroatoms. The van der Waals surface area contributed by atoms with E-state index in [-0.39, 0.29) is 17.9 Å². The average Bonchev–Trinajstić information content (AvgIpc) is 3.32. The van der Waals surface area contributed by atoms with E-state index >= 15 is 0 Å². The van der Waals surface area contributed by atoms with E-state index in [1.165, 1.54) is 24.3 Å². The maximum Gasteiger partial charge on any atom is 0.514 e. The highest BCUT2D eigenvalue weighted by Crippen LogP contribution is 2.60. The molecular formula is C28H32N2O15P2. The molecule has 0 bridgehead atoms. The Labute approximate surface area is 267 Å². The lowest BCUT2D eigenvalue weighted by atomic mass is 10.1. The van der Waals surface area contributed by atoms with Crippen molar-refractivity contribution < 1.29 is 61.0 Å². The van der Waals surface area contributed by atoms with Crippen molar-refractivity contribution >= 4 is 27.7 Å². The van der Waals surface area contributed by atoms with E-state index in [9.17, 15) is 38.1 Å².